The van der Waals surface area contributed by atoms with Gasteiger partial charge in [0.25, 0.3) is 0 Å². The largest absolute Gasteiger partial charge is 0.507 e. The van der Waals surface area contributed by atoms with E-state index in [1.54, 1.807) is 13.3 Å². The predicted molar refractivity (Wildman–Crippen MR) is 139 cm³/mol. The van der Waals surface area contributed by atoms with Gasteiger partial charge in [-0.3, -0.25) is 9.80 Å². The van der Waals surface area contributed by atoms with Crippen LogP contribution in [0.2, 0.25) is 0 Å². The Labute approximate surface area is 211 Å². The molecule has 3 aromatic rings. The summed E-state index contributed by atoms with van der Waals surface area (Å²) in [4.78, 5) is 26.0. The lowest BCUT2D eigenvalue weighted by molar-refractivity contribution is 0.233. The number of hydrogen-bond acceptors (Lipinski definition) is 9. The summed E-state index contributed by atoms with van der Waals surface area (Å²) in [6.45, 7) is 7.62. The van der Waals surface area contributed by atoms with E-state index in [9.17, 15) is 9.90 Å². The summed E-state index contributed by atoms with van der Waals surface area (Å²) < 4.78 is 10.6. The Morgan fingerprint density at radius 2 is 1.56 bits per heavy atom. The van der Waals surface area contributed by atoms with Gasteiger partial charge in [-0.1, -0.05) is 6.07 Å². The Bertz CT molecular complexity index is 1190. The predicted octanol–water partition coefficient (Wildman–Crippen LogP) is 2.39. The summed E-state index contributed by atoms with van der Waals surface area (Å²) in [5, 5.41) is 11.0. The highest BCUT2D eigenvalue weighted by atomic mass is 16.5. The highest BCUT2D eigenvalue weighted by Crippen LogP contribution is 2.25. The smallest absolute Gasteiger partial charge is 0.343 e. The second-order valence-corrected chi connectivity index (χ2v) is 9.29. The first kappa shape index (κ1) is 24.1. The van der Waals surface area contributed by atoms with E-state index < -0.39 is 5.63 Å². The Balaban J connectivity index is 1.17. The summed E-state index contributed by atoms with van der Waals surface area (Å²) in [6, 6.07) is 14.0. The number of piperazine rings is 2. The molecule has 4 heterocycles. The van der Waals surface area contributed by atoms with Crippen LogP contribution in [0.1, 0.15) is 11.1 Å². The highest BCUT2D eigenvalue weighted by molar-refractivity contribution is 5.49. The van der Waals surface area contributed by atoms with Gasteiger partial charge in [-0.05, 0) is 36.4 Å². The Morgan fingerprint density at radius 1 is 0.889 bits per heavy atom. The highest BCUT2D eigenvalue weighted by Gasteiger charge is 2.24. The van der Waals surface area contributed by atoms with Crippen LogP contribution in [0, 0.1) is 0 Å². The van der Waals surface area contributed by atoms with Crippen LogP contribution in [0.25, 0.3) is 0 Å². The zero-order chi connectivity index (χ0) is 24.9. The van der Waals surface area contributed by atoms with E-state index in [0.29, 0.717) is 24.2 Å². The minimum absolute atomic E-state index is 0.0657. The molecular formula is C27H33N5O4. The van der Waals surface area contributed by atoms with Crippen LogP contribution in [0.3, 0.4) is 0 Å². The molecule has 5 rings (SSSR count). The van der Waals surface area contributed by atoms with E-state index in [0.717, 1.165) is 63.9 Å². The first-order valence-electron chi connectivity index (χ1n) is 12.4. The molecule has 0 amide bonds. The molecule has 1 aromatic carbocycles. The van der Waals surface area contributed by atoms with Crippen molar-refractivity contribution >= 4 is 11.5 Å². The van der Waals surface area contributed by atoms with Crippen molar-refractivity contribution in [1.82, 2.24) is 14.8 Å². The molecule has 9 heteroatoms. The number of benzene rings is 1. The number of aromatic hydroxyl groups is 1. The Hall–Kier alpha value is -3.56. The summed E-state index contributed by atoms with van der Waals surface area (Å²) in [6.07, 6.45) is 3.21. The molecule has 2 saturated heterocycles. The molecule has 0 atom stereocenters. The van der Waals surface area contributed by atoms with Gasteiger partial charge in [-0.15, -0.1) is 0 Å². The topological polar surface area (TPSA) is 85.5 Å². The molecule has 2 aliphatic rings. The first-order chi connectivity index (χ1) is 17.6. The number of rotatable bonds is 7. The molecule has 2 fully saturated rings. The number of nitrogens with zero attached hydrogens (tertiary/aromatic N) is 5. The molecule has 0 unspecified atom stereocenters. The van der Waals surface area contributed by atoms with Gasteiger partial charge in [-0.25, -0.2) is 9.78 Å². The maximum absolute atomic E-state index is 12.5. The van der Waals surface area contributed by atoms with E-state index in [1.165, 1.54) is 12.0 Å². The summed E-state index contributed by atoms with van der Waals surface area (Å²) in [7, 11) is 1.67. The molecule has 190 valence electrons. The molecule has 36 heavy (non-hydrogen) atoms. The van der Waals surface area contributed by atoms with Crippen molar-refractivity contribution < 1.29 is 14.3 Å². The van der Waals surface area contributed by atoms with Crippen molar-refractivity contribution in [2.75, 3.05) is 69.3 Å². The number of methoxy groups -OCH3 is 1. The number of ether oxygens (including phenoxy) is 1. The first-order valence-corrected chi connectivity index (χ1v) is 12.4. The SMILES string of the molecule is COc1ccc(N2CCN(Cc3coc(=O)c(CN4CCN(c5ccccn5)CC4)c3O)CC2)cc1. The lowest BCUT2D eigenvalue weighted by atomic mass is 10.1. The van der Waals surface area contributed by atoms with Crippen molar-refractivity contribution in [3.8, 4) is 11.5 Å². The maximum atomic E-state index is 12.5. The molecule has 0 saturated carbocycles. The zero-order valence-electron chi connectivity index (χ0n) is 20.7. The summed E-state index contributed by atoms with van der Waals surface area (Å²) >= 11 is 0. The van der Waals surface area contributed by atoms with E-state index in [1.807, 2.05) is 30.3 Å². The van der Waals surface area contributed by atoms with Gasteiger partial charge in [0.15, 0.2) is 0 Å². The van der Waals surface area contributed by atoms with Crippen molar-refractivity contribution in [2.45, 2.75) is 13.1 Å². The van der Waals surface area contributed by atoms with Crippen molar-refractivity contribution in [3.05, 3.63) is 76.5 Å². The van der Waals surface area contributed by atoms with Gasteiger partial charge in [0, 0.05) is 82.9 Å². The molecule has 0 spiro atoms. The Morgan fingerprint density at radius 3 is 2.19 bits per heavy atom. The second-order valence-electron chi connectivity index (χ2n) is 9.29. The number of anilines is 2. The van der Waals surface area contributed by atoms with Crippen LogP contribution >= 0.6 is 0 Å². The van der Waals surface area contributed by atoms with Crippen molar-refractivity contribution in [1.29, 1.82) is 0 Å². The second kappa shape index (κ2) is 11.0. The van der Waals surface area contributed by atoms with Gasteiger partial charge in [-0.2, -0.15) is 0 Å². The number of aromatic nitrogens is 1. The molecular weight excluding hydrogens is 458 g/mol. The number of hydrogen-bond donors (Lipinski definition) is 1. The third kappa shape index (κ3) is 5.47. The fourth-order valence-electron chi connectivity index (χ4n) is 4.89. The molecule has 1 N–H and O–H groups in total. The van der Waals surface area contributed by atoms with E-state index in [2.05, 4.69) is 36.7 Å². The van der Waals surface area contributed by atoms with Crippen LogP contribution in [0.4, 0.5) is 11.5 Å². The van der Waals surface area contributed by atoms with Crippen molar-refractivity contribution in [2.24, 2.45) is 0 Å². The third-order valence-corrected chi connectivity index (χ3v) is 7.08. The molecule has 2 aliphatic heterocycles. The third-order valence-electron chi connectivity index (χ3n) is 7.08. The van der Waals surface area contributed by atoms with Crippen LogP contribution in [-0.2, 0) is 13.1 Å². The number of pyridine rings is 1. The van der Waals surface area contributed by atoms with Gasteiger partial charge < -0.3 is 24.1 Å². The van der Waals surface area contributed by atoms with Crippen molar-refractivity contribution in [3.63, 3.8) is 0 Å². The van der Waals surface area contributed by atoms with Gasteiger partial charge in [0.2, 0.25) is 0 Å². The van der Waals surface area contributed by atoms with Gasteiger partial charge in [0.1, 0.15) is 23.6 Å². The fraction of sp³-hybridized carbons (Fsp3) is 0.407. The average Bonchev–Trinajstić information content (AvgIpc) is 2.94. The maximum Gasteiger partial charge on any atom is 0.343 e. The van der Waals surface area contributed by atoms with Crippen LogP contribution in [0.15, 0.2) is 64.1 Å². The van der Waals surface area contributed by atoms with E-state index in [-0.39, 0.29) is 5.75 Å². The van der Waals surface area contributed by atoms with Crippen LogP contribution < -0.4 is 20.2 Å². The molecule has 0 radical (unpaired) electrons. The molecule has 2 aromatic heterocycles. The van der Waals surface area contributed by atoms with Gasteiger partial charge >= 0.3 is 5.63 Å². The zero-order valence-corrected chi connectivity index (χ0v) is 20.7. The lowest BCUT2D eigenvalue weighted by Gasteiger charge is -2.36. The summed E-state index contributed by atoms with van der Waals surface area (Å²) in [5.74, 6) is 1.88. The molecule has 0 aliphatic carbocycles. The average molecular weight is 492 g/mol. The minimum atomic E-state index is -0.465. The molecule has 0 bridgehead atoms. The quantitative estimate of drug-likeness (QED) is 0.535. The minimum Gasteiger partial charge on any atom is -0.507 e. The van der Waals surface area contributed by atoms with Crippen LogP contribution in [0.5, 0.6) is 11.5 Å². The lowest BCUT2D eigenvalue weighted by Crippen LogP contribution is -2.46. The van der Waals surface area contributed by atoms with E-state index in [4.69, 9.17) is 9.15 Å². The van der Waals surface area contributed by atoms with E-state index >= 15 is 0 Å². The normalized spacial score (nSPS) is 17.4. The fourth-order valence-corrected chi connectivity index (χ4v) is 4.89. The monoisotopic (exact) mass is 491 g/mol. The van der Waals surface area contributed by atoms with Gasteiger partial charge in [0.05, 0.1) is 12.7 Å². The standard InChI is InChI=1S/C27H33N5O4/c1-35-23-7-5-22(6-8-23)31-14-10-29(11-15-31)18-21-20-36-27(34)24(26(21)33)19-30-12-16-32(17-13-30)25-4-2-3-9-28-25/h2-9,20,33H,10-19H2,1H3. The summed E-state index contributed by atoms with van der Waals surface area (Å²) in [5.41, 5.74) is 1.72. The van der Waals surface area contributed by atoms with Crippen LogP contribution in [-0.4, -0.2) is 79.4 Å². The Kier molecular flexibility index (Phi) is 7.39. The molecule has 9 nitrogen and oxygen atoms in total.